The average molecular weight is 211 g/mol. The normalized spacial score (nSPS) is 32.1. The Morgan fingerprint density at radius 2 is 1.93 bits per heavy atom. The molecule has 2 aliphatic rings. The molecular formula is C11H21N3O. The molecule has 15 heavy (non-hydrogen) atoms. The van der Waals surface area contributed by atoms with E-state index in [0.717, 1.165) is 39.0 Å². The van der Waals surface area contributed by atoms with E-state index in [1.165, 1.54) is 6.42 Å². The molecule has 2 aliphatic heterocycles. The third-order valence-corrected chi connectivity index (χ3v) is 3.42. The Morgan fingerprint density at radius 3 is 2.53 bits per heavy atom. The van der Waals surface area contributed by atoms with Gasteiger partial charge < -0.3 is 15.5 Å². The highest BCUT2D eigenvalue weighted by Gasteiger charge is 2.29. The molecule has 0 radical (unpaired) electrons. The molecule has 2 heterocycles. The van der Waals surface area contributed by atoms with E-state index >= 15 is 0 Å². The number of urea groups is 1. The molecule has 0 aromatic carbocycles. The topological polar surface area (TPSA) is 49.6 Å². The molecule has 4 heteroatoms. The van der Waals surface area contributed by atoms with Crippen LogP contribution in [0.5, 0.6) is 0 Å². The number of carbonyl (C=O) groups excluding carboxylic acids is 1. The van der Waals surface area contributed by atoms with Crippen molar-refractivity contribution in [1.82, 2.24) is 9.80 Å². The zero-order valence-corrected chi connectivity index (χ0v) is 9.48. The van der Waals surface area contributed by atoms with Gasteiger partial charge in [-0.1, -0.05) is 6.92 Å². The standard InChI is InChI=1S/C11H21N3O/c1-9-3-2-5-13(7-9)11(15)14-6-4-10(12)8-14/h9-10H,2-8,12H2,1H3/t9?,10-/m0/s1. The minimum Gasteiger partial charge on any atom is -0.326 e. The first-order valence-electron chi connectivity index (χ1n) is 5.96. The zero-order chi connectivity index (χ0) is 10.8. The van der Waals surface area contributed by atoms with E-state index < -0.39 is 0 Å². The van der Waals surface area contributed by atoms with Crippen molar-refractivity contribution in [2.75, 3.05) is 26.2 Å². The summed E-state index contributed by atoms with van der Waals surface area (Å²) in [7, 11) is 0. The number of amides is 2. The van der Waals surface area contributed by atoms with Crippen molar-refractivity contribution in [1.29, 1.82) is 0 Å². The van der Waals surface area contributed by atoms with Gasteiger partial charge in [-0.05, 0) is 25.2 Å². The predicted molar refractivity (Wildman–Crippen MR) is 59.5 cm³/mol. The molecular weight excluding hydrogens is 190 g/mol. The van der Waals surface area contributed by atoms with Gasteiger partial charge in [-0.25, -0.2) is 4.79 Å². The zero-order valence-electron chi connectivity index (χ0n) is 9.48. The molecule has 2 atom stereocenters. The van der Waals surface area contributed by atoms with Gasteiger partial charge in [0.1, 0.15) is 0 Å². The van der Waals surface area contributed by atoms with E-state index in [1.54, 1.807) is 0 Å². The van der Waals surface area contributed by atoms with Crippen LogP contribution in [0.15, 0.2) is 0 Å². The molecule has 4 nitrogen and oxygen atoms in total. The second-order valence-electron chi connectivity index (χ2n) is 4.97. The molecule has 0 bridgehead atoms. The fraction of sp³-hybridized carbons (Fsp3) is 0.909. The number of hydrogen-bond acceptors (Lipinski definition) is 2. The molecule has 2 saturated heterocycles. The Morgan fingerprint density at radius 1 is 1.20 bits per heavy atom. The van der Waals surface area contributed by atoms with Gasteiger partial charge in [0, 0.05) is 32.2 Å². The maximum absolute atomic E-state index is 12.1. The Labute approximate surface area is 91.4 Å². The SMILES string of the molecule is CC1CCCN(C(=O)N2CC[C@H](N)C2)C1. The van der Waals surface area contributed by atoms with Gasteiger partial charge in [0.25, 0.3) is 0 Å². The van der Waals surface area contributed by atoms with Gasteiger partial charge in [-0.3, -0.25) is 0 Å². The van der Waals surface area contributed by atoms with Crippen LogP contribution in [0.3, 0.4) is 0 Å². The lowest BCUT2D eigenvalue weighted by Gasteiger charge is -2.33. The number of carbonyl (C=O) groups is 1. The molecule has 0 aliphatic carbocycles. The molecule has 86 valence electrons. The lowest BCUT2D eigenvalue weighted by Crippen LogP contribution is -2.46. The highest BCUT2D eigenvalue weighted by atomic mass is 16.2. The molecule has 0 spiro atoms. The fourth-order valence-electron chi connectivity index (χ4n) is 2.52. The monoisotopic (exact) mass is 211 g/mol. The molecule has 0 aromatic rings. The maximum Gasteiger partial charge on any atom is 0.320 e. The van der Waals surface area contributed by atoms with Crippen LogP contribution in [0.25, 0.3) is 0 Å². The summed E-state index contributed by atoms with van der Waals surface area (Å²) in [5.74, 6) is 0.652. The van der Waals surface area contributed by atoms with Crippen LogP contribution < -0.4 is 5.73 Å². The predicted octanol–water partition coefficient (Wildman–Crippen LogP) is 0.871. The number of nitrogens with zero attached hydrogens (tertiary/aromatic N) is 2. The van der Waals surface area contributed by atoms with Crippen LogP contribution in [-0.4, -0.2) is 48.1 Å². The van der Waals surface area contributed by atoms with Crippen LogP contribution in [0.4, 0.5) is 4.79 Å². The van der Waals surface area contributed by atoms with E-state index in [1.807, 2.05) is 9.80 Å². The number of nitrogens with two attached hydrogens (primary N) is 1. The van der Waals surface area contributed by atoms with E-state index in [9.17, 15) is 4.79 Å². The van der Waals surface area contributed by atoms with Gasteiger partial charge in [0.05, 0.1) is 0 Å². The molecule has 2 rings (SSSR count). The summed E-state index contributed by atoms with van der Waals surface area (Å²) >= 11 is 0. The largest absolute Gasteiger partial charge is 0.326 e. The van der Waals surface area contributed by atoms with Gasteiger partial charge in [0.2, 0.25) is 0 Å². The van der Waals surface area contributed by atoms with Gasteiger partial charge in [-0.2, -0.15) is 0 Å². The van der Waals surface area contributed by atoms with Gasteiger partial charge in [0.15, 0.2) is 0 Å². The molecule has 2 amide bonds. The first-order valence-corrected chi connectivity index (χ1v) is 5.96. The van der Waals surface area contributed by atoms with Gasteiger partial charge in [-0.15, -0.1) is 0 Å². The third kappa shape index (κ3) is 2.43. The molecule has 2 fully saturated rings. The summed E-state index contributed by atoms with van der Waals surface area (Å²) in [4.78, 5) is 16.0. The Hall–Kier alpha value is -0.770. The van der Waals surface area contributed by atoms with E-state index in [2.05, 4.69) is 6.92 Å². The summed E-state index contributed by atoms with van der Waals surface area (Å²) < 4.78 is 0. The van der Waals surface area contributed by atoms with Crippen LogP contribution >= 0.6 is 0 Å². The second-order valence-corrected chi connectivity index (χ2v) is 4.97. The van der Waals surface area contributed by atoms with Crippen LogP contribution in [-0.2, 0) is 0 Å². The van der Waals surface area contributed by atoms with Crippen LogP contribution in [0.2, 0.25) is 0 Å². The average Bonchev–Trinajstić information content (AvgIpc) is 2.64. The summed E-state index contributed by atoms with van der Waals surface area (Å²) in [5.41, 5.74) is 5.81. The maximum atomic E-state index is 12.1. The quantitative estimate of drug-likeness (QED) is 0.646. The lowest BCUT2D eigenvalue weighted by atomic mass is 10.0. The first-order chi connectivity index (χ1) is 7.16. The minimum atomic E-state index is 0.191. The van der Waals surface area contributed by atoms with Crippen molar-refractivity contribution in [3.05, 3.63) is 0 Å². The summed E-state index contributed by atoms with van der Waals surface area (Å²) in [6, 6.07) is 0.394. The molecule has 0 saturated carbocycles. The van der Waals surface area contributed by atoms with E-state index in [0.29, 0.717) is 5.92 Å². The number of piperidine rings is 1. The summed E-state index contributed by atoms with van der Waals surface area (Å²) in [6.45, 7) is 5.64. The number of likely N-dealkylation sites (tertiary alicyclic amines) is 2. The van der Waals surface area contributed by atoms with Crippen molar-refractivity contribution in [3.63, 3.8) is 0 Å². The highest BCUT2D eigenvalue weighted by Crippen LogP contribution is 2.18. The smallest absolute Gasteiger partial charge is 0.320 e. The molecule has 0 aromatic heterocycles. The summed E-state index contributed by atoms with van der Waals surface area (Å²) in [5, 5.41) is 0. The number of hydrogen-bond donors (Lipinski definition) is 1. The Balaban J connectivity index is 1.89. The first kappa shape index (κ1) is 10.7. The Bertz CT molecular complexity index is 244. The van der Waals surface area contributed by atoms with Crippen molar-refractivity contribution in [2.24, 2.45) is 11.7 Å². The summed E-state index contributed by atoms with van der Waals surface area (Å²) in [6.07, 6.45) is 3.35. The van der Waals surface area contributed by atoms with Crippen molar-refractivity contribution in [3.8, 4) is 0 Å². The van der Waals surface area contributed by atoms with Crippen LogP contribution in [0, 0.1) is 5.92 Å². The van der Waals surface area contributed by atoms with Crippen molar-refractivity contribution >= 4 is 6.03 Å². The van der Waals surface area contributed by atoms with E-state index in [4.69, 9.17) is 5.73 Å². The minimum absolute atomic E-state index is 0.191. The molecule has 2 N–H and O–H groups in total. The highest BCUT2D eigenvalue weighted by molar-refractivity contribution is 5.75. The fourth-order valence-corrected chi connectivity index (χ4v) is 2.52. The third-order valence-electron chi connectivity index (χ3n) is 3.42. The van der Waals surface area contributed by atoms with Crippen LogP contribution in [0.1, 0.15) is 26.2 Å². The molecule has 1 unspecified atom stereocenters. The van der Waals surface area contributed by atoms with Crippen molar-refractivity contribution in [2.45, 2.75) is 32.2 Å². The number of rotatable bonds is 0. The second kappa shape index (κ2) is 4.39. The van der Waals surface area contributed by atoms with Crippen molar-refractivity contribution < 1.29 is 4.79 Å². The lowest BCUT2D eigenvalue weighted by molar-refractivity contribution is 0.139. The van der Waals surface area contributed by atoms with Gasteiger partial charge >= 0.3 is 6.03 Å². The van der Waals surface area contributed by atoms with E-state index in [-0.39, 0.29) is 12.1 Å². The Kier molecular flexibility index (Phi) is 3.14.